The molecule has 0 aliphatic carbocycles. The third kappa shape index (κ3) is 7.30. The number of nitrogens with one attached hydrogen (secondary N) is 2. The third-order valence-electron chi connectivity index (χ3n) is 11.1. The van der Waals surface area contributed by atoms with E-state index in [0.717, 1.165) is 77.8 Å². The van der Waals surface area contributed by atoms with Crippen LogP contribution in [0.3, 0.4) is 0 Å². The Labute approximate surface area is 362 Å². The van der Waals surface area contributed by atoms with Crippen molar-refractivity contribution in [1.29, 1.82) is 0 Å². The summed E-state index contributed by atoms with van der Waals surface area (Å²) in [6, 6.07) is 39.9. The molecule has 1 aromatic heterocycles. The summed E-state index contributed by atoms with van der Waals surface area (Å²) in [5.41, 5.74) is 17.9. The Kier molecular flexibility index (Phi) is 11.0. The van der Waals surface area contributed by atoms with Crippen molar-refractivity contribution in [3.63, 3.8) is 0 Å². The van der Waals surface area contributed by atoms with Gasteiger partial charge in [-0.15, -0.1) is 0 Å². The van der Waals surface area contributed by atoms with E-state index >= 15 is 0 Å². The molecule has 0 saturated heterocycles. The second kappa shape index (κ2) is 16.4. The largest absolute Gasteiger partial charge is 0.377 e. The maximum atomic E-state index is 5.62. The SMILES string of the molecule is BrCc1ccc(/C2=C3\C=CC(N3)C(c3ccc(CBr)cc3)C3=NC(C=C3)C(c3ccc(CBr)cc3)c3ccc([nH]3)/C(c3ccc(CBr)cc3)=C3/C=CC2=N3)cc1. The van der Waals surface area contributed by atoms with Crippen LogP contribution in [0.15, 0.2) is 167 Å². The number of benzene rings is 4. The number of aromatic amines is 1. The summed E-state index contributed by atoms with van der Waals surface area (Å²) in [4.78, 5) is 15.0. The van der Waals surface area contributed by atoms with Crippen molar-refractivity contribution in [2.75, 3.05) is 0 Å². The van der Waals surface area contributed by atoms with E-state index in [-0.39, 0.29) is 23.9 Å². The molecule has 4 unspecified atom stereocenters. The first-order valence-corrected chi connectivity index (χ1v) is 23.3. The fourth-order valence-electron chi connectivity index (χ4n) is 8.19. The molecule has 9 rings (SSSR count). The fourth-order valence-corrected chi connectivity index (χ4v) is 9.68. The van der Waals surface area contributed by atoms with Gasteiger partial charge in [-0.1, -0.05) is 173 Å². The Morgan fingerprint density at radius 1 is 0.518 bits per heavy atom. The van der Waals surface area contributed by atoms with Crippen molar-refractivity contribution in [2.45, 2.75) is 45.2 Å². The molecular formula is C48H38Br4N4. The van der Waals surface area contributed by atoms with Gasteiger partial charge in [-0.25, -0.2) is 4.99 Å². The molecule has 0 amide bonds. The molecule has 0 saturated carbocycles. The first-order chi connectivity index (χ1) is 27.5. The van der Waals surface area contributed by atoms with E-state index in [1.54, 1.807) is 0 Å². The molecule has 8 bridgehead atoms. The highest BCUT2D eigenvalue weighted by atomic mass is 79.9. The summed E-state index contributed by atoms with van der Waals surface area (Å²) in [5.74, 6) is -0.0383. The van der Waals surface area contributed by atoms with Crippen molar-refractivity contribution in [2.24, 2.45) is 9.98 Å². The number of allylic oxidation sites excluding steroid dienone is 5. The van der Waals surface area contributed by atoms with Crippen LogP contribution in [0.2, 0.25) is 0 Å². The number of hydrogen-bond donors (Lipinski definition) is 2. The lowest BCUT2D eigenvalue weighted by atomic mass is 9.87. The second-order valence-electron chi connectivity index (χ2n) is 14.5. The molecule has 4 atom stereocenters. The monoisotopic (exact) mass is 986 g/mol. The molecular weight excluding hydrogens is 952 g/mol. The van der Waals surface area contributed by atoms with Gasteiger partial charge in [0, 0.05) is 61.2 Å². The molecule has 2 N–H and O–H groups in total. The van der Waals surface area contributed by atoms with Crippen LogP contribution < -0.4 is 5.32 Å². The Hall–Kier alpha value is -4.08. The van der Waals surface area contributed by atoms with Gasteiger partial charge in [0.15, 0.2) is 0 Å². The zero-order valence-corrected chi connectivity index (χ0v) is 36.7. The van der Waals surface area contributed by atoms with Crippen LogP contribution in [0, 0.1) is 0 Å². The topological polar surface area (TPSA) is 52.5 Å². The second-order valence-corrected chi connectivity index (χ2v) is 16.7. The zero-order valence-electron chi connectivity index (χ0n) is 30.4. The molecule has 0 radical (unpaired) electrons. The minimum absolute atomic E-state index is 0.0134. The van der Waals surface area contributed by atoms with Gasteiger partial charge in [-0.2, -0.15) is 0 Å². The van der Waals surface area contributed by atoms with E-state index in [1.165, 1.54) is 33.4 Å². The van der Waals surface area contributed by atoms with Gasteiger partial charge in [0.05, 0.1) is 29.4 Å². The molecule has 5 heterocycles. The summed E-state index contributed by atoms with van der Waals surface area (Å²) < 4.78 is 0. The summed E-state index contributed by atoms with van der Waals surface area (Å²) in [6.45, 7) is 0. The highest BCUT2D eigenvalue weighted by molar-refractivity contribution is 9.09. The molecule has 0 spiro atoms. The lowest BCUT2D eigenvalue weighted by molar-refractivity contribution is 0.654. The number of H-pyrrole nitrogens is 1. The molecule has 4 aliphatic heterocycles. The highest BCUT2D eigenvalue weighted by Gasteiger charge is 2.35. The molecule has 4 nitrogen and oxygen atoms in total. The van der Waals surface area contributed by atoms with Crippen LogP contribution in [0.5, 0.6) is 0 Å². The predicted octanol–water partition coefficient (Wildman–Crippen LogP) is 12.6. The van der Waals surface area contributed by atoms with E-state index in [2.05, 4.69) is 220 Å². The summed E-state index contributed by atoms with van der Waals surface area (Å²) >= 11 is 14.6. The molecule has 0 fully saturated rings. The summed E-state index contributed by atoms with van der Waals surface area (Å²) in [5, 5.41) is 7.23. The average molecular weight is 990 g/mol. The number of aliphatic imine (C=N–C) groups is 2. The Morgan fingerprint density at radius 3 is 1.66 bits per heavy atom. The smallest absolute Gasteiger partial charge is 0.0810 e. The van der Waals surface area contributed by atoms with Crippen LogP contribution in [0.25, 0.3) is 11.1 Å². The van der Waals surface area contributed by atoms with E-state index in [4.69, 9.17) is 9.98 Å². The first-order valence-electron chi connectivity index (χ1n) is 18.8. The molecule has 4 aliphatic rings. The van der Waals surface area contributed by atoms with Crippen LogP contribution in [-0.2, 0) is 21.3 Å². The van der Waals surface area contributed by atoms with Crippen molar-refractivity contribution in [3.8, 4) is 0 Å². The van der Waals surface area contributed by atoms with Gasteiger partial charge < -0.3 is 10.3 Å². The lowest BCUT2D eigenvalue weighted by Crippen LogP contribution is -2.33. The summed E-state index contributed by atoms with van der Waals surface area (Å²) in [7, 11) is 0. The van der Waals surface area contributed by atoms with Crippen molar-refractivity contribution in [3.05, 3.63) is 213 Å². The van der Waals surface area contributed by atoms with Gasteiger partial charge >= 0.3 is 0 Å². The van der Waals surface area contributed by atoms with Crippen LogP contribution >= 0.6 is 63.7 Å². The minimum atomic E-state index is -0.0993. The van der Waals surface area contributed by atoms with Gasteiger partial charge in [0.1, 0.15) is 0 Å². The van der Waals surface area contributed by atoms with E-state index in [1.807, 2.05) is 0 Å². The number of hydrogen-bond acceptors (Lipinski definition) is 3. The molecule has 56 heavy (non-hydrogen) atoms. The maximum absolute atomic E-state index is 5.62. The average Bonchev–Trinajstić information content (AvgIpc) is 4.10. The zero-order chi connectivity index (χ0) is 38.2. The Balaban J connectivity index is 1.27. The maximum Gasteiger partial charge on any atom is 0.0810 e. The highest BCUT2D eigenvalue weighted by Crippen LogP contribution is 2.40. The number of rotatable bonds is 8. The number of fused-ring (bicyclic) bond motifs is 6. The van der Waals surface area contributed by atoms with E-state index in [0.29, 0.717) is 0 Å². The number of nitrogens with zero attached hydrogens (tertiary/aromatic N) is 2. The minimum Gasteiger partial charge on any atom is -0.377 e. The van der Waals surface area contributed by atoms with Gasteiger partial charge in [0.2, 0.25) is 0 Å². The molecule has 5 aromatic rings. The Bertz CT molecular complexity index is 2480. The standard InChI is InChI=1S/C48H38Br4N4/c49-25-29-1-9-33(10-2-29)45-37-17-19-39(53-37)46(34-11-3-30(26-50)4-12-34)41-21-23-43(55-41)48(36-15-7-32(28-52)8-16-36)44-24-22-42(56-44)47(40-20-18-38(45)54-40)35-13-5-31(27-51)6-14-35/h1-24,37,40,45,47,53,56H,25-28H2/b46-39-,48-43-. The van der Waals surface area contributed by atoms with Crippen molar-refractivity contribution >= 4 is 86.3 Å². The number of alkyl halides is 4. The van der Waals surface area contributed by atoms with E-state index < -0.39 is 0 Å². The molecule has 8 heteroatoms. The lowest BCUT2D eigenvalue weighted by Gasteiger charge is -2.26. The predicted molar refractivity (Wildman–Crippen MR) is 248 cm³/mol. The van der Waals surface area contributed by atoms with Gasteiger partial charge in [0.25, 0.3) is 0 Å². The summed E-state index contributed by atoms with van der Waals surface area (Å²) in [6.07, 6.45) is 13.5. The fraction of sp³-hybridized carbons (Fsp3) is 0.167. The van der Waals surface area contributed by atoms with Crippen molar-refractivity contribution < 1.29 is 0 Å². The quantitative estimate of drug-likeness (QED) is 0.150. The van der Waals surface area contributed by atoms with Gasteiger partial charge in [-0.05, 0) is 80.9 Å². The van der Waals surface area contributed by atoms with Crippen molar-refractivity contribution in [1.82, 2.24) is 10.3 Å². The molecule has 278 valence electrons. The van der Waals surface area contributed by atoms with Crippen LogP contribution in [0.4, 0.5) is 0 Å². The normalized spacial score (nSPS) is 23.7. The molecule has 4 aromatic carbocycles. The number of halogens is 4. The van der Waals surface area contributed by atoms with E-state index in [9.17, 15) is 0 Å². The first kappa shape index (κ1) is 37.5. The van der Waals surface area contributed by atoms with Gasteiger partial charge in [-0.3, -0.25) is 4.99 Å². The van der Waals surface area contributed by atoms with Crippen LogP contribution in [0.1, 0.15) is 67.7 Å². The number of aromatic nitrogens is 1. The third-order valence-corrected chi connectivity index (χ3v) is 13.7. The Morgan fingerprint density at radius 2 is 1.07 bits per heavy atom. The van der Waals surface area contributed by atoms with Crippen LogP contribution in [-0.4, -0.2) is 28.5 Å².